The molecule has 0 radical (unpaired) electrons. The average Bonchev–Trinajstić information content (AvgIpc) is 2.86. The molecule has 2 aromatic rings. The van der Waals surface area contributed by atoms with Crippen molar-refractivity contribution in [2.24, 2.45) is 5.11 Å². The Bertz CT molecular complexity index is 736. The minimum atomic E-state index is -0.515. The van der Waals surface area contributed by atoms with E-state index in [0.717, 1.165) is 11.3 Å². The molecule has 106 valence electrons. The molecule has 0 unspecified atom stereocenters. The van der Waals surface area contributed by atoms with Crippen LogP contribution >= 0.6 is 11.3 Å². The summed E-state index contributed by atoms with van der Waals surface area (Å²) in [6.07, 6.45) is 1.38. The standard InChI is InChI=1S/C12H9N5O3S/c1-7(18)20-9-5-3-2-4-8(9)11(19)15-10-6-14-12(21-10)16-17-13/h2-6H,1H3,(H,15,19). The highest BCUT2D eigenvalue weighted by atomic mass is 32.1. The Kier molecular flexibility index (Phi) is 4.50. The highest BCUT2D eigenvalue weighted by Gasteiger charge is 2.14. The van der Waals surface area contributed by atoms with Crippen molar-refractivity contribution >= 4 is 33.3 Å². The zero-order valence-electron chi connectivity index (χ0n) is 10.8. The highest BCUT2D eigenvalue weighted by molar-refractivity contribution is 7.19. The molecular weight excluding hydrogens is 294 g/mol. The number of rotatable bonds is 4. The molecule has 21 heavy (non-hydrogen) atoms. The van der Waals surface area contributed by atoms with Crippen LogP contribution < -0.4 is 10.1 Å². The lowest BCUT2D eigenvalue weighted by Gasteiger charge is -2.07. The molecule has 1 N–H and O–H groups in total. The molecule has 0 fully saturated rings. The third-order valence-corrected chi connectivity index (χ3v) is 3.04. The minimum Gasteiger partial charge on any atom is -0.426 e. The zero-order chi connectivity index (χ0) is 15.2. The van der Waals surface area contributed by atoms with Gasteiger partial charge in [-0.15, -0.1) is 0 Å². The zero-order valence-corrected chi connectivity index (χ0v) is 11.6. The van der Waals surface area contributed by atoms with Crippen molar-refractivity contribution in [1.82, 2.24) is 4.98 Å². The number of hydrogen-bond acceptors (Lipinski definition) is 6. The van der Waals surface area contributed by atoms with Gasteiger partial charge in [-0.3, -0.25) is 9.59 Å². The molecule has 1 aromatic carbocycles. The van der Waals surface area contributed by atoms with Gasteiger partial charge in [-0.05, 0) is 22.8 Å². The van der Waals surface area contributed by atoms with Gasteiger partial charge in [0, 0.05) is 11.8 Å². The predicted octanol–water partition coefficient (Wildman–Crippen LogP) is 3.26. The number of anilines is 1. The number of amides is 1. The molecule has 9 heteroatoms. The summed E-state index contributed by atoms with van der Waals surface area (Å²) in [6, 6.07) is 6.36. The summed E-state index contributed by atoms with van der Waals surface area (Å²) in [5.74, 6) is -0.802. The van der Waals surface area contributed by atoms with E-state index in [4.69, 9.17) is 10.3 Å². The molecule has 1 amide bonds. The van der Waals surface area contributed by atoms with Gasteiger partial charge < -0.3 is 10.1 Å². The molecule has 2 rings (SSSR count). The van der Waals surface area contributed by atoms with Crippen molar-refractivity contribution in [1.29, 1.82) is 0 Å². The first-order valence-corrected chi connectivity index (χ1v) is 6.51. The summed E-state index contributed by atoms with van der Waals surface area (Å²) in [5, 5.41) is 6.54. The lowest BCUT2D eigenvalue weighted by Crippen LogP contribution is -2.14. The van der Waals surface area contributed by atoms with Gasteiger partial charge in [0.15, 0.2) is 5.13 Å². The third-order valence-electron chi connectivity index (χ3n) is 2.25. The molecule has 0 aliphatic heterocycles. The number of carbonyl (C=O) groups is 2. The second kappa shape index (κ2) is 6.51. The number of nitrogens with one attached hydrogen (secondary N) is 1. The Morgan fingerprint density at radius 3 is 2.90 bits per heavy atom. The predicted molar refractivity (Wildman–Crippen MR) is 76.6 cm³/mol. The minimum absolute atomic E-state index is 0.169. The van der Waals surface area contributed by atoms with Gasteiger partial charge in [0.25, 0.3) is 5.91 Å². The van der Waals surface area contributed by atoms with Gasteiger partial charge in [0.1, 0.15) is 10.8 Å². The van der Waals surface area contributed by atoms with Crippen LogP contribution in [0.2, 0.25) is 0 Å². The number of azide groups is 1. The van der Waals surface area contributed by atoms with E-state index in [0.29, 0.717) is 5.00 Å². The van der Waals surface area contributed by atoms with E-state index in [1.165, 1.54) is 25.3 Å². The van der Waals surface area contributed by atoms with E-state index < -0.39 is 11.9 Å². The monoisotopic (exact) mass is 303 g/mol. The fourth-order valence-electron chi connectivity index (χ4n) is 1.48. The molecule has 1 heterocycles. The summed E-state index contributed by atoms with van der Waals surface area (Å²) < 4.78 is 4.97. The second-order valence-electron chi connectivity index (χ2n) is 3.74. The van der Waals surface area contributed by atoms with Crippen LogP contribution in [0.5, 0.6) is 5.75 Å². The Labute approximate surface area is 123 Å². The van der Waals surface area contributed by atoms with Crippen molar-refractivity contribution in [3.63, 3.8) is 0 Å². The average molecular weight is 303 g/mol. The molecule has 0 bridgehead atoms. The molecule has 0 aliphatic rings. The summed E-state index contributed by atoms with van der Waals surface area (Å²) in [6.45, 7) is 1.25. The number of nitrogens with zero attached hydrogens (tertiary/aromatic N) is 4. The van der Waals surface area contributed by atoms with Crippen molar-refractivity contribution in [2.45, 2.75) is 6.92 Å². The number of thiazole rings is 1. The fraction of sp³-hybridized carbons (Fsp3) is 0.0833. The second-order valence-corrected chi connectivity index (χ2v) is 4.75. The molecule has 0 aliphatic carbocycles. The number of para-hydroxylation sites is 1. The van der Waals surface area contributed by atoms with Crippen LogP contribution in [0.25, 0.3) is 10.4 Å². The van der Waals surface area contributed by atoms with E-state index >= 15 is 0 Å². The maximum Gasteiger partial charge on any atom is 0.308 e. The Morgan fingerprint density at radius 1 is 1.43 bits per heavy atom. The quantitative estimate of drug-likeness (QED) is 0.306. The first kappa shape index (κ1) is 14.5. The number of esters is 1. The normalized spacial score (nSPS) is 9.57. The smallest absolute Gasteiger partial charge is 0.308 e. The van der Waals surface area contributed by atoms with E-state index in [-0.39, 0.29) is 16.4 Å². The lowest BCUT2D eigenvalue weighted by molar-refractivity contribution is -0.131. The van der Waals surface area contributed by atoms with Crippen LogP contribution in [-0.2, 0) is 4.79 Å². The Morgan fingerprint density at radius 2 is 2.19 bits per heavy atom. The summed E-state index contributed by atoms with van der Waals surface area (Å²) in [7, 11) is 0. The van der Waals surface area contributed by atoms with Gasteiger partial charge in [0.2, 0.25) is 0 Å². The van der Waals surface area contributed by atoms with Crippen LogP contribution in [0.1, 0.15) is 17.3 Å². The molecule has 0 saturated carbocycles. The summed E-state index contributed by atoms with van der Waals surface area (Å²) in [4.78, 5) is 29.6. The van der Waals surface area contributed by atoms with Crippen LogP contribution in [0.15, 0.2) is 35.6 Å². The lowest BCUT2D eigenvalue weighted by atomic mass is 10.2. The topological polar surface area (TPSA) is 117 Å². The number of hydrogen-bond donors (Lipinski definition) is 1. The third kappa shape index (κ3) is 3.78. The van der Waals surface area contributed by atoms with Crippen molar-refractivity contribution in [3.05, 3.63) is 46.5 Å². The molecule has 1 aromatic heterocycles. The first-order valence-electron chi connectivity index (χ1n) is 5.70. The molecule has 0 atom stereocenters. The van der Waals surface area contributed by atoms with Crippen molar-refractivity contribution in [3.8, 4) is 5.75 Å². The maximum absolute atomic E-state index is 12.2. The molecule has 0 saturated heterocycles. The van der Waals surface area contributed by atoms with Crippen LogP contribution in [0, 0.1) is 0 Å². The highest BCUT2D eigenvalue weighted by Crippen LogP contribution is 2.27. The van der Waals surface area contributed by atoms with Crippen LogP contribution in [0.3, 0.4) is 0 Å². The van der Waals surface area contributed by atoms with Crippen molar-refractivity contribution in [2.75, 3.05) is 5.32 Å². The van der Waals surface area contributed by atoms with Crippen LogP contribution in [-0.4, -0.2) is 16.9 Å². The van der Waals surface area contributed by atoms with Crippen molar-refractivity contribution < 1.29 is 14.3 Å². The van der Waals surface area contributed by atoms with Gasteiger partial charge in [0.05, 0.1) is 11.8 Å². The molecular formula is C12H9N5O3S. The maximum atomic E-state index is 12.2. The van der Waals surface area contributed by atoms with E-state index in [9.17, 15) is 9.59 Å². The summed E-state index contributed by atoms with van der Waals surface area (Å²) in [5.41, 5.74) is 8.51. The summed E-state index contributed by atoms with van der Waals surface area (Å²) >= 11 is 1.03. The molecule has 8 nitrogen and oxygen atoms in total. The largest absolute Gasteiger partial charge is 0.426 e. The van der Waals surface area contributed by atoms with Gasteiger partial charge in [-0.25, -0.2) is 4.98 Å². The number of benzene rings is 1. The van der Waals surface area contributed by atoms with E-state index in [1.807, 2.05) is 0 Å². The number of ether oxygens (including phenoxy) is 1. The Hall–Kier alpha value is -2.90. The van der Waals surface area contributed by atoms with Gasteiger partial charge >= 0.3 is 5.97 Å². The SMILES string of the molecule is CC(=O)Oc1ccccc1C(=O)Nc1cnc(N=[N+]=[N-])s1. The van der Waals surface area contributed by atoms with E-state index in [2.05, 4.69) is 20.3 Å². The first-order chi connectivity index (χ1) is 10.1. The fourth-order valence-corrected chi connectivity index (χ4v) is 2.11. The number of carbonyl (C=O) groups excluding carboxylic acids is 2. The number of aromatic nitrogens is 1. The Balaban J connectivity index is 2.19. The van der Waals surface area contributed by atoms with Gasteiger partial charge in [-0.2, -0.15) is 0 Å². The van der Waals surface area contributed by atoms with Gasteiger partial charge in [-0.1, -0.05) is 23.5 Å². The molecule has 0 spiro atoms. The van der Waals surface area contributed by atoms with Crippen LogP contribution in [0.4, 0.5) is 10.1 Å². The van der Waals surface area contributed by atoms with E-state index in [1.54, 1.807) is 12.1 Å².